The lowest BCUT2D eigenvalue weighted by Gasteiger charge is -2.05. The fourth-order valence-electron chi connectivity index (χ4n) is 0.951. The van der Waals surface area contributed by atoms with Crippen molar-refractivity contribution < 1.29 is 10.2 Å². The van der Waals surface area contributed by atoms with E-state index in [4.69, 9.17) is 10.2 Å². The number of hydrogen-bond acceptors (Lipinski definition) is 3. The zero-order valence-electron chi connectivity index (χ0n) is 8.77. The van der Waals surface area contributed by atoms with Crippen LogP contribution in [-0.2, 0) is 6.42 Å². The summed E-state index contributed by atoms with van der Waals surface area (Å²) in [6.07, 6.45) is -0.102. The molecule has 0 aliphatic carbocycles. The summed E-state index contributed by atoms with van der Waals surface area (Å²) in [6, 6.07) is 9.62. The molecule has 0 aliphatic heterocycles. The van der Waals surface area contributed by atoms with Crippen LogP contribution in [0.5, 0.6) is 0 Å². The summed E-state index contributed by atoms with van der Waals surface area (Å²) >= 11 is 0. The molecule has 0 aliphatic rings. The molecule has 0 bridgehead atoms. The Morgan fingerprint density at radius 1 is 1.21 bits per heavy atom. The van der Waals surface area contributed by atoms with Crippen molar-refractivity contribution in [3.8, 4) is 0 Å². The predicted octanol–water partition coefficient (Wildman–Crippen LogP) is 0.418. The molecule has 80 valence electrons. The number of rotatable bonds is 3. The average molecular weight is 197 g/mol. The van der Waals surface area contributed by atoms with Crippen molar-refractivity contribution in [3.63, 3.8) is 0 Å². The van der Waals surface area contributed by atoms with Gasteiger partial charge in [0.1, 0.15) is 0 Å². The Hall–Kier alpha value is -0.900. The van der Waals surface area contributed by atoms with Gasteiger partial charge in [0.25, 0.3) is 0 Å². The van der Waals surface area contributed by atoms with Crippen LogP contribution in [0.1, 0.15) is 5.56 Å². The fraction of sp³-hybridized carbons (Fsp3) is 0.455. The minimum Gasteiger partial charge on any atom is -0.394 e. The molecule has 1 rings (SSSR count). The third-order valence-corrected chi connectivity index (χ3v) is 1.52. The molecule has 14 heavy (non-hydrogen) atoms. The Kier molecular flexibility index (Phi) is 8.13. The lowest BCUT2D eigenvalue weighted by molar-refractivity contribution is 0.0955. The van der Waals surface area contributed by atoms with E-state index in [1.54, 1.807) is 0 Å². The van der Waals surface area contributed by atoms with Crippen LogP contribution < -0.4 is 5.32 Å². The molecule has 0 amide bonds. The summed E-state index contributed by atoms with van der Waals surface area (Å²) < 4.78 is 0. The normalized spacial score (nSPS) is 11.4. The summed E-state index contributed by atoms with van der Waals surface area (Å²) in [5.74, 6) is 0. The predicted molar refractivity (Wildman–Crippen MR) is 58.2 cm³/mol. The molecule has 0 fully saturated rings. The molecule has 0 saturated carbocycles. The van der Waals surface area contributed by atoms with Gasteiger partial charge in [0.05, 0.1) is 12.7 Å². The van der Waals surface area contributed by atoms with Gasteiger partial charge in [-0.15, -0.1) is 0 Å². The van der Waals surface area contributed by atoms with Gasteiger partial charge in [0.15, 0.2) is 0 Å². The number of aliphatic hydroxyl groups is 2. The van der Waals surface area contributed by atoms with Gasteiger partial charge in [0.2, 0.25) is 0 Å². The minimum absolute atomic E-state index is 0.172. The zero-order valence-corrected chi connectivity index (χ0v) is 8.77. The molecule has 3 N–H and O–H groups in total. The van der Waals surface area contributed by atoms with E-state index in [0.717, 1.165) is 5.56 Å². The molecule has 0 saturated heterocycles. The van der Waals surface area contributed by atoms with Gasteiger partial charge in [-0.3, -0.25) is 0 Å². The summed E-state index contributed by atoms with van der Waals surface area (Å²) in [5, 5.41) is 20.4. The smallest absolute Gasteiger partial charge is 0.0811 e. The molecule has 0 aromatic heterocycles. The third kappa shape index (κ3) is 6.60. The van der Waals surface area contributed by atoms with E-state index in [1.165, 1.54) is 0 Å². The second kappa shape index (κ2) is 8.69. The highest BCUT2D eigenvalue weighted by Crippen LogP contribution is 2.01. The highest BCUT2D eigenvalue weighted by molar-refractivity contribution is 5.15. The standard InChI is InChI=1S/C9H12O2.C2H7N/c10-7-9(11)6-8-4-2-1-3-5-8;1-3-2/h1-5,9-11H,6-7H2;3H,1-2H3. The van der Waals surface area contributed by atoms with E-state index in [2.05, 4.69) is 5.32 Å². The zero-order chi connectivity index (χ0) is 10.8. The highest BCUT2D eigenvalue weighted by atomic mass is 16.3. The summed E-state index contributed by atoms with van der Waals surface area (Å²) in [4.78, 5) is 0. The summed E-state index contributed by atoms with van der Waals surface area (Å²) in [6.45, 7) is -0.172. The summed E-state index contributed by atoms with van der Waals surface area (Å²) in [7, 11) is 3.75. The van der Waals surface area contributed by atoms with Crippen LogP contribution in [0.2, 0.25) is 0 Å². The Labute approximate surface area is 85.4 Å². The molecule has 1 atom stereocenters. The van der Waals surface area contributed by atoms with Gasteiger partial charge in [-0.25, -0.2) is 0 Å². The molecule has 0 heterocycles. The van der Waals surface area contributed by atoms with Crippen molar-refractivity contribution in [2.75, 3.05) is 20.7 Å². The van der Waals surface area contributed by atoms with Crippen molar-refractivity contribution in [2.24, 2.45) is 0 Å². The second-order valence-corrected chi connectivity index (χ2v) is 3.03. The Bertz CT molecular complexity index is 214. The van der Waals surface area contributed by atoms with Crippen LogP contribution >= 0.6 is 0 Å². The molecule has 1 unspecified atom stereocenters. The molecule has 0 spiro atoms. The van der Waals surface area contributed by atoms with Gasteiger partial charge in [-0.05, 0) is 19.7 Å². The maximum absolute atomic E-state index is 9.06. The topological polar surface area (TPSA) is 52.5 Å². The maximum Gasteiger partial charge on any atom is 0.0811 e. The van der Waals surface area contributed by atoms with Gasteiger partial charge in [0, 0.05) is 6.42 Å². The first-order valence-electron chi connectivity index (χ1n) is 4.66. The van der Waals surface area contributed by atoms with Crippen molar-refractivity contribution in [1.29, 1.82) is 0 Å². The van der Waals surface area contributed by atoms with Gasteiger partial charge < -0.3 is 15.5 Å². The SMILES string of the molecule is CNC.OCC(O)Cc1ccccc1. The van der Waals surface area contributed by atoms with Gasteiger partial charge in [-0.1, -0.05) is 30.3 Å². The average Bonchev–Trinajstić information content (AvgIpc) is 2.20. The second-order valence-electron chi connectivity index (χ2n) is 3.03. The van der Waals surface area contributed by atoms with E-state index >= 15 is 0 Å². The first-order chi connectivity index (χ1) is 6.74. The Morgan fingerprint density at radius 3 is 2.14 bits per heavy atom. The lowest BCUT2D eigenvalue weighted by Crippen LogP contribution is -2.14. The van der Waals surface area contributed by atoms with Crippen LogP contribution in [0.15, 0.2) is 30.3 Å². The number of hydrogen-bond donors (Lipinski definition) is 3. The van der Waals surface area contributed by atoms with Crippen LogP contribution in [0.4, 0.5) is 0 Å². The van der Waals surface area contributed by atoms with E-state index in [-0.39, 0.29) is 6.61 Å². The number of aliphatic hydroxyl groups excluding tert-OH is 2. The van der Waals surface area contributed by atoms with E-state index in [0.29, 0.717) is 6.42 Å². The van der Waals surface area contributed by atoms with E-state index in [1.807, 2.05) is 44.4 Å². The van der Waals surface area contributed by atoms with Gasteiger partial charge in [-0.2, -0.15) is 0 Å². The lowest BCUT2D eigenvalue weighted by atomic mass is 10.1. The number of nitrogens with one attached hydrogen (secondary N) is 1. The minimum atomic E-state index is -0.627. The Balaban J connectivity index is 0.000000500. The largest absolute Gasteiger partial charge is 0.394 e. The van der Waals surface area contributed by atoms with Crippen LogP contribution in [0.25, 0.3) is 0 Å². The van der Waals surface area contributed by atoms with Gasteiger partial charge >= 0.3 is 0 Å². The van der Waals surface area contributed by atoms with Crippen molar-refractivity contribution in [3.05, 3.63) is 35.9 Å². The molecule has 3 heteroatoms. The van der Waals surface area contributed by atoms with E-state index < -0.39 is 6.10 Å². The quantitative estimate of drug-likeness (QED) is 0.658. The molecule has 1 aromatic rings. The molecular formula is C11H19NO2. The molecule has 3 nitrogen and oxygen atoms in total. The molecular weight excluding hydrogens is 178 g/mol. The van der Waals surface area contributed by atoms with Crippen LogP contribution in [0, 0.1) is 0 Å². The number of benzene rings is 1. The van der Waals surface area contributed by atoms with Crippen molar-refractivity contribution in [2.45, 2.75) is 12.5 Å². The van der Waals surface area contributed by atoms with Crippen LogP contribution in [0.3, 0.4) is 0 Å². The monoisotopic (exact) mass is 197 g/mol. The first kappa shape index (κ1) is 13.1. The van der Waals surface area contributed by atoms with E-state index in [9.17, 15) is 0 Å². The first-order valence-corrected chi connectivity index (χ1v) is 4.66. The van der Waals surface area contributed by atoms with Crippen LogP contribution in [-0.4, -0.2) is 37.0 Å². The third-order valence-electron chi connectivity index (χ3n) is 1.52. The van der Waals surface area contributed by atoms with Crippen molar-refractivity contribution in [1.82, 2.24) is 5.32 Å². The summed E-state index contributed by atoms with van der Waals surface area (Å²) in [5.41, 5.74) is 1.05. The maximum atomic E-state index is 9.06. The molecule has 0 radical (unpaired) electrons. The fourth-order valence-corrected chi connectivity index (χ4v) is 0.951. The Morgan fingerprint density at radius 2 is 1.71 bits per heavy atom. The van der Waals surface area contributed by atoms with Crippen molar-refractivity contribution >= 4 is 0 Å². The molecule has 1 aromatic carbocycles. The highest BCUT2D eigenvalue weighted by Gasteiger charge is 2.01.